The number of carbonyl (C=O) groups excluding carboxylic acids is 1. The minimum atomic E-state index is -1.02. The molecule has 0 aliphatic rings. The Morgan fingerprint density at radius 2 is 1.91 bits per heavy atom. The predicted octanol–water partition coefficient (Wildman–Crippen LogP) is 4.91. The fourth-order valence-corrected chi connectivity index (χ4v) is 4.90. The van der Waals surface area contributed by atoms with E-state index < -0.39 is 24.1 Å². The summed E-state index contributed by atoms with van der Waals surface area (Å²) < 4.78 is 7.87. The van der Waals surface area contributed by atoms with Crippen LogP contribution in [-0.4, -0.2) is 37.4 Å². The molecule has 0 aliphatic carbocycles. The number of fused-ring (bicyclic) bond motifs is 1. The lowest BCUT2D eigenvalue weighted by molar-refractivity contribution is -0.141. The van der Waals surface area contributed by atoms with E-state index in [9.17, 15) is 14.7 Å². The number of rotatable bonds is 11. The first-order chi connectivity index (χ1) is 17.1. The molecule has 0 saturated heterocycles. The van der Waals surface area contributed by atoms with Crippen molar-refractivity contribution < 1.29 is 19.4 Å². The van der Waals surface area contributed by atoms with Gasteiger partial charge in [-0.2, -0.15) is 0 Å². The highest BCUT2D eigenvalue weighted by atomic mass is 32.1. The van der Waals surface area contributed by atoms with E-state index in [0.717, 1.165) is 27.6 Å². The van der Waals surface area contributed by atoms with Gasteiger partial charge in [0.05, 0.1) is 6.04 Å². The van der Waals surface area contributed by atoms with Crippen molar-refractivity contribution >= 4 is 33.5 Å². The van der Waals surface area contributed by atoms with Gasteiger partial charge in [0.2, 0.25) is 0 Å². The maximum Gasteiger partial charge on any atom is 0.408 e. The predicted molar refractivity (Wildman–Crippen MR) is 132 cm³/mol. The van der Waals surface area contributed by atoms with Gasteiger partial charge in [0.1, 0.15) is 6.61 Å². The molecule has 10 heteroatoms. The molecule has 9 nitrogen and oxygen atoms in total. The van der Waals surface area contributed by atoms with Gasteiger partial charge in [-0.1, -0.05) is 68.3 Å². The minimum absolute atomic E-state index is 0.111. The Bertz CT molecular complexity index is 1270. The summed E-state index contributed by atoms with van der Waals surface area (Å²) in [5, 5.41) is 27.7. The van der Waals surface area contributed by atoms with Gasteiger partial charge in [-0.15, -0.1) is 16.4 Å². The van der Waals surface area contributed by atoms with Crippen molar-refractivity contribution in [3.63, 3.8) is 0 Å². The summed E-state index contributed by atoms with van der Waals surface area (Å²) in [6.07, 6.45) is 1.69. The number of unbranched alkanes of at least 4 members (excludes halogenated alkanes) is 1. The zero-order valence-corrected chi connectivity index (χ0v) is 20.1. The SMILES string of the molecule is CCCC[C@@H](C(=O)O)n1nnnc1[C@H](Cc1csc2ccccc12)NC(=O)OCc1ccccc1. The Balaban J connectivity index is 1.61. The van der Waals surface area contributed by atoms with Gasteiger partial charge in [-0.25, -0.2) is 14.3 Å². The van der Waals surface area contributed by atoms with E-state index >= 15 is 0 Å². The first kappa shape index (κ1) is 24.3. The summed E-state index contributed by atoms with van der Waals surface area (Å²) in [6, 6.07) is 15.8. The van der Waals surface area contributed by atoms with Crippen LogP contribution in [0.3, 0.4) is 0 Å². The Morgan fingerprint density at radius 1 is 1.14 bits per heavy atom. The van der Waals surface area contributed by atoms with E-state index in [0.29, 0.717) is 19.3 Å². The van der Waals surface area contributed by atoms with Crippen LogP contribution in [0.5, 0.6) is 0 Å². The highest BCUT2D eigenvalue weighted by Gasteiger charge is 2.30. The van der Waals surface area contributed by atoms with Gasteiger partial charge in [-0.3, -0.25) is 0 Å². The second kappa shape index (κ2) is 11.6. The van der Waals surface area contributed by atoms with Gasteiger partial charge < -0.3 is 15.2 Å². The second-order valence-corrected chi connectivity index (χ2v) is 9.11. The molecule has 182 valence electrons. The summed E-state index contributed by atoms with van der Waals surface area (Å²) in [5.74, 6) is -0.737. The maximum atomic E-state index is 12.8. The molecule has 4 aromatic rings. The molecule has 0 spiro atoms. The molecule has 1 amide bonds. The van der Waals surface area contributed by atoms with Crippen molar-refractivity contribution in [2.24, 2.45) is 0 Å². The summed E-state index contributed by atoms with van der Waals surface area (Å²) >= 11 is 1.61. The number of alkyl carbamates (subject to hydrolysis) is 1. The molecule has 2 atom stereocenters. The van der Waals surface area contributed by atoms with Crippen molar-refractivity contribution in [2.45, 2.75) is 51.3 Å². The number of carboxylic acid groups (broad SMARTS) is 1. The number of aromatic nitrogens is 4. The summed E-state index contributed by atoms with van der Waals surface area (Å²) in [4.78, 5) is 24.8. The molecule has 0 aliphatic heterocycles. The molecular weight excluding hydrogens is 466 g/mol. The molecule has 4 rings (SSSR count). The zero-order chi connectivity index (χ0) is 24.6. The van der Waals surface area contributed by atoms with Crippen molar-refractivity contribution in [1.82, 2.24) is 25.5 Å². The molecule has 2 aromatic carbocycles. The summed E-state index contributed by atoms with van der Waals surface area (Å²) in [7, 11) is 0. The molecule has 0 bridgehead atoms. The summed E-state index contributed by atoms with van der Waals surface area (Å²) in [6.45, 7) is 2.11. The van der Waals surface area contributed by atoms with Crippen LogP contribution in [0.4, 0.5) is 4.79 Å². The highest BCUT2D eigenvalue weighted by Crippen LogP contribution is 2.30. The molecule has 0 saturated carbocycles. The number of thiophene rings is 1. The molecule has 2 aromatic heterocycles. The second-order valence-electron chi connectivity index (χ2n) is 8.20. The van der Waals surface area contributed by atoms with Gasteiger partial charge >= 0.3 is 12.1 Å². The molecule has 0 fully saturated rings. The van der Waals surface area contributed by atoms with Gasteiger partial charge in [0.15, 0.2) is 11.9 Å². The van der Waals surface area contributed by atoms with Crippen molar-refractivity contribution in [3.8, 4) is 0 Å². The first-order valence-electron chi connectivity index (χ1n) is 11.5. The Labute approximate surface area is 206 Å². The molecule has 0 radical (unpaired) electrons. The van der Waals surface area contributed by atoms with Crippen molar-refractivity contribution in [1.29, 1.82) is 0 Å². The molecule has 0 unspecified atom stereocenters. The fourth-order valence-electron chi connectivity index (χ4n) is 3.92. The molecular formula is C25H27N5O4S. The molecule has 35 heavy (non-hydrogen) atoms. The quantitative estimate of drug-likeness (QED) is 0.304. The average molecular weight is 494 g/mol. The number of nitrogens with zero attached hydrogens (tertiary/aromatic N) is 4. The van der Waals surface area contributed by atoms with E-state index in [1.54, 1.807) is 11.3 Å². The average Bonchev–Trinajstić information content (AvgIpc) is 3.51. The number of carbonyl (C=O) groups is 2. The standard InChI is InChI=1S/C25H27N5O4S/c1-2-3-12-21(24(31)32)30-23(27-28-29-30)20(14-18-16-35-22-13-8-7-11-19(18)22)26-25(33)34-15-17-9-5-4-6-10-17/h4-11,13,16,20-21H,2-3,12,14-15H2,1H3,(H,26,33)(H,31,32)/t20-,21-/m0/s1. The number of ether oxygens (including phenoxy) is 1. The van der Waals surface area contributed by atoms with E-state index in [1.165, 1.54) is 4.68 Å². The normalized spacial score (nSPS) is 12.8. The van der Waals surface area contributed by atoms with E-state index in [-0.39, 0.29) is 12.4 Å². The Kier molecular flexibility index (Phi) is 8.04. The topological polar surface area (TPSA) is 119 Å². The number of amides is 1. The van der Waals surface area contributed by atoms with Crippen LogP contribution in [0.25, 0.3) is 10.1 Å². The monoisotopic (exact) mass is 493 g/mol. The highest BCUT2D eigenvalue weighted by molar-refractivity contribution is 7.17. The van der Waals surface area contributed by atoms with Crippen molar-refractivity contribution in [3.05, 3.63) is 76.9 Å². The minimum Gasteiger partial charge on any atom is -0.480 e. The van der Waals surface area contributed by atoms with Crippen LogP contribution in [0.1, 0.15) is 55.2 Å². The van der Waals surface area contributed by atoms with Crippen LogP contribution in [0, 0.1) is 0 Å². The number of aliphatic carboxylic acids is 1. The van der Waals surface area contributed by atoms with Crippen LogP contribution in [0.15, 0.2) is 60.0 Å². The fraction of sp³-hybridized carbons (Fsp3) is 0.320. The number of carboxylic acids is 1. The van der Waals surface area contributed by atoms with Gasteiger partial charge in [-0.05, 0) is 44.8 Å². The van der Waals surface area contributed by atoms with E-state index in [2.05, 4.69) is 20.8 Å². The summed E-state index contributed by atoms with van der Waals surface area (Å²) in [5.41, 5.74) is 1.87. The number of benzene rings is 2. The van der Waals surface area contributed by atoms with Gasteiger partial charge in [0, 0.05) is 11.1 Å². The maximum absolute atomic E-state index is 12.8. The molecule has 2 heterocycles. The lowest BCUT2D eigenvalue weighted by atomic mass is 10.0. The third kappa shape index (κ3) is 6.02. The van der Waals surface area contributed by atoms with Crippen LogP contribution in [0.2, 0.25) is 0 Å². The first-order valence-corrected chi connectivity index (χ1v) is 12.4. The molecule has 2 N–H and O–H groups in total. The lowest BCUT2D eigenvalue weighted by Crippen LogP contribution is -2.34. The van der Waals surface area contributed by atoms with Crippen LogP contribution in [-0.2, 0) is 22.6 Å². The largest absolute Gasteiger partial charge is 0.480 e. The number of hydrogen-bond donors (Lipinski definition) is 2. The van der Waals surface area contributed by atoms with Crippen LogP contribution >= 0.6 is 11.3 Å². The van der Waals surface area contributed by atoms with E-state index in [4.69, 9.17) is 4.74 Å². The smallest absolute Gasteiger partial charge is 0.408 e. The Hall–Kier alpha value is -3.79. The lowest BCUT2D eigenvalue weighted by Gasteiger charge is -2.20. The van der Waals surface area contributed by atoms with Crippen molar-refractivity contribution in [2.75, 3.05) is 0 Å². The Morgan fingerprint density at radius 3 is 2.69 bits per heavy atom. The third-order valence-corrected chi connectivity index (χ3v) is 6.74. The number of hydrogen-bond acceptors (Lipinski definition) is 7. The number of nitrogens with one attached hydrogen (secondary N) is 1. The van der Waals surface area contributed by atoms with Crippen LogP contribution < -0.4 is 5.32 Å². The third-order valence-electron chi connectivity index (χ3n) is 5.73. The van der Waals surface area contributed by atoms with E-state index in [1.807, 2.05) is 66.9 Å². The van der Waals surface area contributed by atoms with Gasteiger partial charge in [0.25, 0.3) is 0 Å². The number of tetrazole rings is 1. The zero-order valence-electron chi connectivity index (χ0n) is 19.3.